The van der Waals surface area contributed by atoms with Crippen molar-refractivity contribution in [2.24, 2.45) is 0 Å². The molecule has 1 fully saturated rings. The van der Waals surface area contributed by atoms with Gasteiger partial charge in [0.05, 0.1) is 11.0 Å². The molecule has 27 heavy (non-hydrogen) atoms. The van der Waals surface area contributed by atoms with Crippen molar-refractivity contribution in [1.29, 1.82) is 0 Å². The topological polar surface area (TPSA) is 38.1 Å². The van der Waals surface area contributed by atoms with Crippen molar-refractivity contribution in [3.8, 4) is 0 Å². The van der Waals surface area contributed by atoms with E-state index in [0.717, 1.165) is 36.4 Å². The minimum absolute atomic E-state index is 0.161. The molecule has 140 valence electrons. The summed E-state index contributed by atoms with van der Waals surface area (Å²) in [5, 5.41) is 0. The third-order valence-corrected chi connectivity index (χ3v) is 5.89. The number of hydrogen-bond acceptors (Lipinski definition) is 2. The number of benzene rings is 2. The van der Waals surface area contributed by atoms with Crippen molar-refractivity contribution in [1.82, 2.24) is 14.5 Å². The summed E-state index contributed by atoms with van der Waals surface area (Å²) >= 11 is 0. The summed E-state index contributed by atoms with van der Waals surface area (Å²) < 4.78 is 2.30. The van der Waals surface area contributed by atoms with Crippen LogP contribution in [0.25, 0.3) is 11.0 Å². The first-order valence-corrected chi connectivity index (χ1v) is 9.84. The number of aromatic nitrogens is 2. The molecule has 4 heteroatoms. The molecule has 3 aromatic rings. The van der Waals surface area contributed by atoms with Crippen LogP contribution < -0.4 is 0 Å². The van der Waals surface area contributed by atoms with Gasteiger partial charge in [0.1, 0.15) is 5.82 Å². The predicted molar refractivity (Wildman–Crippen MR) is 109 cm³/mol. The molecular formula is C23H27N3O. The minimum atomic E-state index is 0.161. The Labute approximate surface area is 160 Å². The lowest BCUT2D eigenvalue weighted by Crippen LogP contribution is -2.19. The SMILES string of the molecule is CC[C@H](C)c1ccc(Cn2c([C@H]3CC(=O)N(C)C3)nc3ccccc32)cc1. The van der Waals surface area contributed by atoms with Crippen LogP contribution >= 0.6 is 0 Å². The van der Waals surface area contributed by atoms with E-state index in [1.807, 2.05) is 18.0 Å². The van der Waals surface area contributed by atoms with E-state index in [0.29, 0.717) is 12.3 Å². The highest BCUT2D eigenvalue weighted by atomic mass is 16.2. The Balaban J connectivity index is 1.70. The van der Waals surface area contributed by atoms with Gasteiger partial charge in [-0.1, -0.05) is 50.2 Å². The molecule has 1 aliphatic rings. The van der Waals surface area contributed by atoms with Crippen LogP contribution in [0.5, 0.6) is 0 Å². The highest BCUT2D eigenvalue weighted by molar-refractivity contribution is 5.80. The summed E-state index contributed by atoms with van der Waals surface area (Å²) in [6.45, 7) is 6.02. The van der Waals surface area contributed by atoms with Gasteiger partial charge in [0.15, 0.2) is 0 Å². The van der Waals surface area contributed by atoms with Crippen LogP contribution in [0.3, 0.4) is 0 Å². The predicted octanol–water partition coefficient (Wildman–Crippen LogP) is 4.54. The number of imidazole rings is 1. The largest absolute Gasteiger partial charge is 0.345 e. The average molecular weight is 361 g/mol. The van der Waals surface area contributed by atoms with E-state index in [9.17, 15) is 4.79 Å². The zero-order valence-electron chi connectivity index (χ0n) is 16.4. The first kappa shape index (κ1) is 17.8. The molecule has 1 amide bonds. The van der Waals surface area contributed by atoms with Crippen molar-refractivity contribution in [2.75, 3.05) is 13.6 Å². The Kier molecular flexibility index (Phi) is 4.73. The molecular weight excluding hydrogens is 334 g/mol. The van der Waals surface area contributed by atoms with Crippen LogP contribution in [-0.4, -0.2) is 34.0 Å². The first-order chi connectivity index (χ1) is 13.1. The Morgan fingerprint density at radius 1 is 1.15 bits per heavy atom. The number of likely N-dealkylation sites (tertiary alicyclic amines) is 1. The van der Waals surface area contributed by atoms with Gasteiger partial charge in [0, 0.05) is 32.5 Å². The molecule has 0 aliphatic carbocycles. The lowest BCUT2D eigenvalue weighted by atomic mass is 9.97. The summed E-state index contributed by atoms with van der Waals surface area (Å²) in [4.78, 5) is 18.8. The van der Waals surface area contributed by atoms with E-state index >= 15 is 0 Å². The van der Waals surface area contributed by atoms with E-state index in [4.69, 9.17) is 4.98 Å². The molecule has 1 aromatic heterocycles. The molecule has 2 aromatic carbocycles. The second kappa shape index (κ2) is 7.18. The highest BCUT2D eigenvalue weighted by Crippen LogP contribution is 2.30. The van der Waals surface area contributed by atoms with Gasteiger partial charge in [0.25, 0.3) is 0 Å². The Morgan fingerprint density at radius 2 is 1.89 bits per heavy atom. The normalized spacial score (nSPS) is 18.4. The third kappa shape index (κ3) is 3.36. The second-order valence-electron chi connectivity index (χ2n) is 7.77. The fourth-order valence-corrected chi connectivity index (χ4v) is 3.98. The standard InChI is InChI=1S/C23H27N3O/c1-4-16(2)18-11-9-17(10-12-18)14-26-21-8-6-5-7-20(21)24-23(26)19-13-22(27)25(3)15-19/h5-12,16,19H,4,13-15H2,1-3H3/t16-,19-/m0/s1. The van der Waals surface area contributed by atoms with Crippen molar-refractivity contribution < 1.29 is 4.79 Å². The Morgan fingerprint density at radius 3 is 2.56 bits per heavy atom. The molecule has 1 saturated heterocycles. The van der Waals surface area contributed by atoms with Gasteiger partial charge >= 0.3 is 0 Å². The highest BCUT2D eigenvalue weighted by Gasteiger charge is 2.31. The van der Waals surface area contributed by atoms with E-state index in [1.54, 1.807) is 0 Å². The molecule has 0 unspecified atom stereocenters. The smallest absolute Gasteiger partial charge is 0.223 e. The van der Waals surface area contributed by atoms with Crippen LogP contribution in [0.2, 0.25) is 0 Å². The fourth-order valence-electron chi connectivity index (χ4n) is 3.98. The van der Waals surface area contributed by atoms with E-state index in [2.05, 4.69) is 60.9 Å². The van der Waals surface area contributed by atoms with E-state index in [-0.39, 0.29) is 11.8 Å². The summed E-state index contributed by atoms with van der Waals surface area (Å²) in [5.41, 5.74) is 4.80. The monoisotopic (exact) mass is 361 g/mol. The number of amides is 1. The van der Waals surface area contributed by atoms with Gasteiger partial charge in [-0.25, -0.2) is 4.98 Å². The fraction of sp³-hybridized carbons (Fsp3) is 0.391. The molecule has 4 rings (SSSR count). The Hall–Kier alpha value is -2.62. The van der Waals surface area contributed by atoms with Gasteiger partial charge in [-0.3, -0.25) is 4.79 Å². The van der Waals surface area contributed by atoms with Crippen LogP contribution in [-0.2, 0) is 11.3 Å². The minimum Gasteiger partial charge on any atom is -0.345 e. The summed E-state index contributed by atoms with van der Waals surface area (Å²) in [5.74, 6) is 1.98. The van der Waals surface area contributed by atoms with Gasteiger partial charge in [-0.15, -0.1) is 0 Å². The van der Waals surface area contributed by atoms with Crippen molar-refractivity contribution in [3.63, 3.8) is 0 Å². The number of carbonyl (C=O) groups excluding carboxylic acids is 1. The van der Waals surface area contributed by atoms with Crippen molar-refractivity contribution >= 4 is 16.9 Å². The average Bonchev–Trinajstić information content (AvgIpc) is 3.22. The van der Waals surface area contributed by atoms with E-state index in [1.165, 1.54) is 11.1 Å². The van der Waals surface area contributed by atoms with Gasteiger partial charge in [0.2, 0.25) is 5.91 Å². The zero-order chi connectivity index (χ0) is 19.0. The summed E-state index contributed by atoms with van der Waals surface area (Å²) in [7, 11) is 1.88. The lowest BCUT2D eigenvalue weighted by Gasteiger charge is -2.15. The number of carbonyl (C=O) groups is 1. The van der Waals surface area contributed by atoms with Crippen LogP contribution in [0.15, 0.2) is 48.5 Å². The number of likely N-dealkylation sites (N-methyl/N-ethyl adjacent to an activating group) is 1. The van der Waals surface area contributed by atoms with Crippen molar-refractivity contribution in [2.45, 2.75) is 45.1 Å². The maximum atomic E-state index is 12.1. The molecule has 0 spiro atoms. The second-order valence-corrected chi connectivity index (χ2v) is 7.77. The maximum absolute atomic E-state index is 12.1. The molecule has 4 nitrogen and oxygen atoms in total. The number of nitrogens with zero attached hydrogens (tertiary/aromatic N) is 3. The molecule has 2 heterocycles. The zero-order valence-corrected chi connectivity index (χ0v) is 16.4. The molecule has 0 bridgehead atoms. The number of hydrogen-bond donors (Lipinski definition) is 0. The van der Waals surface area contributed by atoms with Gasteiger partial charge in [-0.05, 0) is 35.6 Å². The van der Waals surface area contributed by atoms with Gasteiger partial charge in [-0.2, -0.15) is 0 Å². The van der Waals surface area contributed by atoms with E-state index < -0.39 is 0 Å². The molecule has 0 N–H and O–H groups in total. The molecule has 0 saturated carbocycles. The lowest BCUT2D eigenvalue weighted by molar-refractivity contribution is -0.126. The summed E-state index contributed by atoms with van der Waals surface area (Å²) in [6, 6.07) is 17.2. The maximum Gasteiger partial charge on any atom is 0.223 e. The Bertz CT molecular complexity index is 957. The molecule has 0 radical (unpaired) electrons. The number of fused-ring (bicyclic) bond motifs is 1. The molecule has 2 atom stereocenters. The summed E-state index contributed by atoms with van der Waals surface area (Å²) in [6.07, 6.45) is 1.70. The quantitative estimate of drug-likeness (QED) is 0.669. The van der Waals surface area contributed by atoms with Crippen LogP contribution in [0.1, 0.15) is 55.5 Å². The number of para-hydroxylation sites is 2. The molecule has 1 aliphatic heterocycles. The van der Waals surface area contributed by atoms with Gasteiger partial charge < -0.3 is 9.47 Å². The number of rotatable bonds is 5. The third-order valence-electron chi connectivity index (χ3n) is 5.89. The van der Waals surface area contributed by atoms with Crippen LogP contribution in [0, 0.1) is 0 Å². The first-order valence-electron chi connectivity index (χ1n) is 9.84. The van der Waals surface area contributed by atoms with Crippen molar-refractivity contribution in [3.05, 3.63) is 65.5 Å². The van der Waals surface area contributed by atoms with Crippen LogP contribution in [0.4, 0.5) is 0 Å².